The van der Waals surface area contributed by atoms with Gasteiger partial charge in [-0.05, 0) is 42.8 Å². The number of anilines is 3. The summed E-state index contributed by atoms with van der Waals surface area (Å²) in [6.07, 6.45) is -0.0429. The maximum Gasteiger partial charge on any atom is 0.418 e. The SMILES string of the molecule is Cc1ccc(C(F)(F)F)c(N(c2ncccc2-c2ccncn2)c2cc(C(C)(C)C)nn2C)c1. The van der Waals surface area contributed by atoms with Gasteiger partial charge in [-0.15, -0.1) is 0 Å². The van der Waals surface area contributed by atoms with Crippen molar-refractivity contribution in [2.75, 3.05) is 4.90 Å². The molecule has 4 rings (SSSR count). The highest BCUT2D eigenvalue weighted by Crippen LogP contribution is 2.45. The van der Waals surface area contributed by atoms with Gasteiger partial charge in [0.2, 0.25) is 0 Å². The number of hydrogen-bond donors (Lipinski definition) is 0. The van der Waals surface area contributed by atoms with Crippen LogP contribution in [0.1, 0.15) is 37.6 Å². The van der Waals surface area contributed by atoms with Gasteiger partial charge in [0.05, 0.1) is 22.6 Å². The number of halogens is 3. The minimum atomic E-state index is -4.57. The molecule has 6 nitrogen and oxygen atoms in total. The van der Waals surface area contributed by atoms with Crippen LogP contribution in [0.5, 0.6) is 0 Å². The van der Waals surface area contributed by atoms with Gasteiger partial charge in [-0.3, -0.25) is 9.58 Å². The Kier molecular flexibility index (Phi) is 5.89. The van der Waals surface area contributed by atoms with Crippen LogP contribution in [0.15, 0.2) is 61.2 Å². The van der Waals surface area contributed by atoms with Crippen LogP contribution in [0, 0.1) is 6.92 Å². The number of pyridine rings is 1. The summed E-state index contributed by atoms with van der Waals surface area (Å²) in [5.41, 5.74) is 1.43. The second kappa shape index (κ2) is 8.55. The summed E-state index contributed by atoms with van der Waals surface area (Å²) in [6, 6.07) is 11.1. The smallest absolute Gasteiger partial charge is 0.278 e. The maximum atomic E-state index is 14.2. The molecule has 176 valence electrons. The zero-order chi connectivity index (χ0) is 24.7. The van der Waals surface area contributed by atoms with Crippen LogP contribution in [0.25, 0.3) is 11.3 Å². The van der Waals surface area contributed by atoms with Crippen LogP contribution in [0.2, 0.25) is 0 Å². The summed E-state index contributed by atoms with van der Waals surface area (Å²) in [6.45, 7) is 7.77. The minimum Gasteiger partial charge on any atom is -0.278 e. The highest BCUT2D eigenvalue weighted by molar-refractivity contribution is 5.85. The summed E-state index contributed by atoms with van der Waals surface area (Å²) in [5.74, 6) is 0.760. The van der Waals surface area contributed by atoms with Gasteiger partial charge in [0, 0.05) is 36.5 Å². The monoisotopic (exact) mass is 466 g/mol. The molecule has 0 amide bonds. The topological polar surface area (TPSA) is 59.7 Å². The van der Waals surface area contributed by atoms with E-state index in [0.717, 1.165) is 11.8 Å². The Morgan fingerprint density at radius 1 is 0.941 bits per heavy atom. The minimum absolute atomic E-state index is 0.0371. The molecule has 3 aromatic heterocycles. The lowest BCUT2D eigenvalue weighted by molar-refractivity contribution is -0.137. The Morgan fingerprint density at radius 2 is 1.71 bits per heavy atom. The molecule has 0 bridgehead atoms. The standard InChI is InChI=1S/C25H25F3N6/c1-16-8-9-18(25(26,27)28)20(13-16)34(22-14-21(24(2,3)4)32-33(22)5)23-17(7-6-11-30-23)19-10-12-29-15-31-19/h6-15H,1-5H3. The van der Waals surface area contributed by atoms with Crippen LogP contribution < -0.4 is 4.90 Å². The largest absolute Gasteiger partial charge is 0.418 e. The summed E-state index contributed by atoms with van der Waals surface area (Å²) >= 11 is 0. The zero-order valence-corrected chi connectivity index (χ0v) is 19.6. The molecule has 1 aromatic carbocycles. The molecular formula is C25H25F3N6. The summed E-state index contributed by atoms with van der Waals surface area (Å²) in [4.78, 5) is 14.3. The Morgan fingerprint density at radius 3 is 2.32 bits per heavy atom. The fraction of sp³-hybridized carbons (Fsp3) is 0.280. The molecule has 0 spiro atoms. The molecule has 0 aliphatic rings. The fourth-order valence-electron chi connectivity index (χ4n) is 3.67. The number of nitrogens with zero attached hydrogens (tertiary/aromatic N) is 6. The molecule has 0 radical (unpaired) electrons. The first-order chi connectivity index (χ1) is 16.0. The van der Waals surface area contributed by atoms with Gasteiger partial charge in [-0.2, -0.15) is 18.3 Å². The summed E-state index contributed by atoms with van der Waals surface area (Å²) < 4.78 is 44.2. The molecule has 9 heteroatoms. The second-order valence-electron chi connectivity index (χ2n) is 9.08. The van der Waals surface area contributed by atoms with Crippen molar-refractivity contribution in [1.29, 1.82) is 0 Å². The van der Waals surface area contributed by atoms with E-state index in [4.69, 9.17) is 0 Å². The molecule has 0 saturated heterocycles. The fourth-order valence-corrected chi connectivity index (χ4v) is 3.67. The average Bonchev–Trinajstić information content (AvgIpc) is 3.16. The molecule has 0 aliphatic heterocycles. The van der Waals surface area contributed by atoms with E-state index in [1.165, 1.54) is 23.4 Å². The third-order valence-corrected chi connectivity index (χ3v) is 5.41. The van der Waals surface area contributed by atoms with Gasteiger partial charge >= 0.3 is 6.18 Å². The number of benzene rings is 1. The van der Waals surface area contributed by atoms with Crippen LogP contribution in [-0.2, 0) is 18.6 Å². The van der Waals surface area contributed by atoms with Crippen molar-refractivity contribution < 1.29 is 13.2 Å². The lowest BCUT2D eigenvalue weighted by Gasteiger charge is -2.28. The van der Waals surface area contributed by atoms with Gasteiger partial charge in [-0.1, -0.05) is 26.8 Å². The highest BCUT2D eigenvalue weighted by atomic mass is 19.4. The predicted molar refractivity (Wildman–Crippen MR) is 125 cm³/mol. The summed E-state index contributed by atoms with van der Waals surface area (Å²) in [7, 11) is 1.72. The Labute approximate surface area is 196 Å². The number of rotatable bonds is 4. The normalized spacial score (nSPS) is 12.1. The van der Waals surface area contributed by atoms with Crippen LogP contribution in [0.4, 0.5) is 30.5 Å². The first-order valence-corrected chi connectivity index (χ1v) is 10.7. The van der Waals surface area contributed by atoms with E-state index in [1.807, 2.05) is 20.8 Å². The van der Waals surface area contributed by atoms with Crippen LogP contribution in [0.3, 0.4) is 0 Å². The van der Waals surface area contributed by atoms with E-state index in [1.54, 1.807) is 55.3 Å². The first-order valence-electron chi connectivity index (χ1n) is 10.7. The third-order valence-electron chi connectivity index (χ3n) is 5.41. The van der Waals surface area contributed by atoms with Crippen molar-refractivity contribution in [3.8, 4) is 11.3 Å². The number of aromatic nitrogens is 5. The molecule has 34 heavy (non-hydrogen) atoms. The van der Waals surface area contributed by atoms with Gasteiger partial charge in [-0.25, -0.2) is 15.0 Å². The van der Waals surface area contributed by atoms with Gasteiger partial charge in [0.25, 0.3) is 0 Å². The number of aryl methyl sites for hydroxylation is 2. The van der Waals surface area contributed by atoms with Crippen molar-refractivity contribution in [1.82, 2.24) is 24.7 Å². The lowest BCUT2D eigenvalue weighted by Crippen LogP contribution is -2.20. The number of alkyl halides is 3. The molecule has 0 N–H and O–H groups in total. The molecule has 0 unspecified atom stereocenters. The third kappa shape index (κ3) is 4.50. The maximum absolute atomic E-state index is 14.2. The molecule has 0 atom stereocenters. The second-order valence-corrected chi connectivity index (χ2v) is 9.08. The quantitative estimate of drug-likeness (QED) is 0.350. The first kappa shape index (κ1) is 23.4. The van der Waals surface area contributed by atoms with Crippen molar-refractivity contribution in [3.63, 3.8) is 0 Å². The van der Waals surface area contributed by atoms with E-state index in [-0.39, 0.29) is 11.1 Å². The van der Waals surface area contributed by atoms with Crippen molar-refractivity contribution in [2.45, 2.75) is 39.3 Å². The molecule has 0 saturated carbocycles. The van der Waals surface area contributed by atoms with Crippen LogP contribution >= 0.6 is 0 Å². The van der Waals surface area contributed by atoms with E-state index < -0.39 is 11.7 Å². The lowest BCUT2D eigenvalue weighted by atomic mass is 9.92. The van der Waals surface area contributed by atoms with Crippen molar-refractivity contribution >= 4 is 17.3 Å². The summed E-state index contributed by atoms with van der Waals surface area (Å²) in [5, 5.41) is 4.61. The van der Waals surface area contributed by atoms with Crippen LogP contribution in [-0.4, -0.2) is 24.7 Å². The van der Waals surface area contributed by atoms with E-state index in [0.29, 0.717) is 28.5 Å². The molecule has 0 aliphatic carbocycles. The number of hydrogen-bond acceptors (Lipinski definition) is 5. The Bertz CT molecular complexity index is 1310. The van der Waals surface area contributed by atoms with Gasteiger partial charge < -0.3 is 0 Å². The molecule has 3 heterocycles. The van der Waals surface area contributed by atoms with E-state index in [2.05, 4.69) is 20.1 Å². The zero-order valence-electron chi connectivity index (χ0n) is 19.6. The van der Waals surface area contributed by atoms with Crippen molar-refractivity contribution in [2.24, 2.45) is 7.05 Å². The molecule has 0 fully saturated rings. The van der Waals surface area contributed by atoms with Gasteiger partial charge in [0.15, 0.2) is 0 Å². The predicted octanol–water partition coefficient (Wildman–Crippen LogP) is 6.37. The van der Waals surface area contributed by atoms with Gasteiger partial charge in [0.1, 0.15) is 18.0 Å². The molecule has 4 aromatic rings. The van der Waals surface area contributed by atoms with E-state index >= 15 is 0 Å². The molecular weight excluding hydrogens is 441 g/mol. The Balaban J connectivity index is 2.07. The highest BCUT2D eigenvalue weighted by Gasteiger charge is 2.37. The van der Waals surface area contributed by atoms with E-state index in [9.17, 15) is 13.2 Å². The average molecular weight is 467 g/mol. The Hall–Kier alpha value is -3.75. The van der Waals surface area contributed by atoms with Crippen molar-refractivity contribution in [3.05, 3.63) is 78.0 Å².